The van der Waals surface area contributed by atoms with Gasteiger partial charge in [0.2, 0.25) is 0 Å². The van der Waals surface area contributed by atoms with Crippen LogP contribution in [0.5, 0.6) is 0 Å². The molecule has 0 saturated heterocycles. The Bertz CT molecular complexity index is 731. The average molecular weight is 285 g/mol. The molecule has 0 saturated carbocycles. The number of aromatic amines is 1. The number of benzene rings is 2. The van der Waals surface area contributed by atoms with Crippen molar-refractivity contribution >= 4 is 28.2 Å². The molecule has 0 amide bonds. The smallest absolute Gasteiger partial charge is 0.0710 e. The minimum atomic E-state index is 0.699. The predicted molar refractivity (Wildman–Crippen MR) is 86.5 cm³/mol. The molecule has 3 heteroatoms. The van der Waals surface area contributed by atoms with Crippen LogP contribution in [0.15, 0.2) is 48.5 Å². The van der Waals surface area contributed by atoms with E-state index < -0.39 is 0 Å². The van der Waals surface area contributed by atoms with Crippen LogP contribution in [0.25, 0.3) is 10.9 Å². The van der Waals surface area contributed by atoms with Crippen molar-refractivity contribution in [1.82, 2.24) is 4.98 Å². The van der Waals surface area contributed by atoms with Gasteiger partial charge in [-0.05, 0) is 24.1 Å². The van der Waals surface area contributed by atoms with Crippen LogP contribution in [-0.2, 0) is 13.0 Å². The van der Waals surface area contributed by atoms with E-state index in [-0.39, 0.29) is 0 Å². The van der Waals surface area contributed by atoms with Gasteiger partial charge < -0.3 is 10.3 Å². The molecule has 3 aromatic rings. The molecule has 2 N–H and O–H groups in total. The van der Waals surface area contributed by atoms with E-state index in [1.807, 2.05) is 30.3 Å². The van der Waals surface area contributed by atoms with Crippen molar-refractivity contribution in [3.63, 3.8) is 0 Å². The van der Waals surface area contributed by atoms with Crippen molar-refractivity contribution in [3.8, 4) is 0 Å². The Balaban J connectivity index is 1.85. The number of rotatable bonds is 4. The SMILES string of the molecule is CCc1ccccc1NCc1[nH]c2ccccc2c1Cl. The van der Waals surface area contributed by atoms with E-state index in [1.165, 1.54) is 11.3 Å². The number of nitrogens with one attached hydrogen (secondary N) is 2. The summed E-state index contributed by atoms with van der Waals surface area (Å²) < 4.78 is 0. The molecule has 2 nitrogen and oxygen atoms in total. The van der Waals surface area contributed by atoms with Crippen molar-refractivity contribution < 1.29 is 0 Å². The highest BCUT2D eigenvalue weighted by Gasteiger charge is 2.09. The van der Waals surface area contributed by atoms with Crippen molar-refractivity contribution in [3.05, 3.63) is 64.8 Å². The van der Waals surface area contributed by atoms with E-state index in [0.29, 0.717) is 6.54 Å². The topological polar surface area (TPSA) is 27.8 Å². The normalized spacial score (nSPS) is 10.9. The molecule has 1 heterocycles. The second-order valence-electron chi connectivity index (χ2n) is 4.83. The molecule has 0 aliphatic rings. The van der Waals surface area contributed by atoms with E-state index in [1.54, 1.807) is 0 Å². The molecule has 0 radical (unpaired) electrons. The van der Waals surface area contributed by atoms with Gasteiger partial charge in [0.15, 0.2) is 0 Å². The van der Waals surface area contributed by atoms with Crippen LogP contribution in [0, 0.1) is 0 Å². The van der Waals surface area contributed by atoms with Crippen molar-refractivity contribution in [2.75, 3.05) is 5.32 Å². The summed E-state index contributed by atoms with van der Waals surface area (Å²) in [4.78, 5) is 3.38. The van der Waals surface area contributed by atoms with Crippen LogP contribution in [0.3, 0.4) is 0 Å². The Labute approximate surface area is 123 Å². The second kappa shape index (κ2) is 5.59. The van der Waals surface area contributed by atoms with E-state index in [2.05, 4.69) is 35.4 Å². The number of fused-ring (bicyclic) bond motifs is 1. The Hall–Kier alpha value is -1.93. The first kappa shape index (κ1) is 13.1. The zero-order chi connectivity index (χ0) is 13.9. The van der Waals surface area contributed by atoms with E-state index in [9.17, 15) is 0 Å². The van der Waals surface area contributed by atoms with Gasteiger partial charge in [0, 0.05) is 16.6 Å². The largest absolute Gasteiger partial charge is 0.379 e. The van der Waals surface area contributed by atoms with Crippen LogP contribution in [0.1, 0.15) is 18.2 Å². The van der Waals surface area contributed by atoms with Crippen molar-refractivity contribution in [1.29, 1.82) is 0 Å². The third kappa shape index (κ3) is 2.39. The van der Waals surface area contributed by atoms with Crippen LogP contribution >= 0.6 is 11.6 Å². The Kier molecular flexibility index (Phi) is 3.66. The summed E-state index contributed by atoms with van der Waals surface area (Å²) in [6, 6.07) is 16.5. The predicted octanol–water partition coefficient (Wildman–Crippen LogP) is 5.00. The van der Waals surface area contributed by atoms with Gasteiger partial charge in [0.1, 0.15) is 0 Å². The van der Waals surface area contributed by atoms with Crippen LogP contribution < -0.4 is 5.32 Å². The van der Waals surface area contributed by atoms with Crippen LogP contribution in [0.2, 0.25) is 5.02 Å². The third-order valence-electron chi connectivity index (χ3n) is 3.57. The molecule has 0 aliphatic carbocycles. The molecular weight excluding hydrogens is 268 g/mol. The second-order valence-corrected chi connectivity index (χ2v) is 5.21. The van der Waals surface area contributed by atoms with E-state index in [0.717, 1.165) is 28.0 Å². The molecule has 2 aromatic carbocycles. The lowest BCUT2D eigenvalue weighted by Gasteiger charge is -2.10. The monoisotopic (exact) mass is 284 g/mol. The van der Waals surface area contributed by atoms with Crippen molar-refractivity contribution in [2.45, 2.75) is 19.9 Å². The number of para-hydroxylation sites is 2. The minimum Gasteiger partial charge on any atom is -0.379 e. The lowest BCUT2D eigenvalue weighted by Crippen LogP contribution is -2.02. The maximum atomic E-state index is 6.43. The molecule has 20 heavy (non-hydrogen) atoms. The van der Waals surface area contributed by atoms with Crippen LogP contribution in [-0.4, -0.2) is 4.98 Å². The molecule has 102 valence electrons. The highest BCUT2D eigenvalue weighted by Crippen LogP contribution is 2.28. The molecule has 0 spiro atoms. The number of aromatic nitrogens is 1. The van der Waals surface area contributed by atoms with E-state index in [4.69, 9.17) is 11.6 Å². The Morgan fingerprint density at radius 2 is 1.80 bits per heavy atom. The lowest BCUT2D eigenvalue weighted by atomic mass is 10.1. The molecule has 3 rings (SSSR count). The number of H-pyrrole nitrogens is 1. The summed E-state index contributed by atoms with van der Waals surface area (Å²) in [7, 11) is 0. The summed E-state index contributed by atoms with van der Waals surface area (Å²) in [5.74, 6) is 0. The van der Waals surface area contributed by atoms with Gasteiger partial charge >= 0.3 is 0 Å². The first-order chi connectivity index (χ1) is 9.79. The van der Waals surface area contributed by atoms with Gasteiger partial charge in [-0.3, -0.25) is 0 Å². The molecule has 0 unspecified atom stereocenters. The molecular formula is C17H17ClN2. The number of anilines is 1. The zero-order valence-electron chi connectivity index (χ0n) is 11.4. The minimum absolute atomic E-state index is 0.699. The van der Waals surface area contributed by atoms with Gasteiger partial charge in [-0.1, -0.05) is 54.9 Å². The quantitative estimate of drug-likeness (QED) is 0.693. The maximum absolute atomic E-state index is 6.43. The summed E-state index contributed by atoms with van der Waals surface area (Å²) >= 11 is 6.43. The number of hydrogen-bond acceptors (Lipinski definition) is 1. The van der Waals surface area contributed by atoms with E-state index >= 15 is 0 Å². The highest BCUT2D eigenvalue weighted by molar-refractivity contribution is 6.36. The summed E-state index contributed by atoms with van der Waals surface area (Å²) in [5, 5.41) is 5.35. The first-order valence-corrected chi connectivity index (χ1v) is 7.24. The molecule has 0 fully saturated rings. The third-order valence-corrected chi connectivity index (χ3v) is 4.00. The molecule has 1 aromatic heterocycles. The fourth-order valence-electron chi connectivity index (χ4n) is 2.47. The van der Waals surface area contributed by atoms with Gasteiger partial charge in [0.05, 0.1) is 17.3 Å². The van der Waals surface area contributed by atoms with Gasteiger partial charge in [-0.25, -0.2) is 0 Å². The Morgan fingerprint density at radius 3 is 2.60 bits per heavy atom. The van der Waals surface area contributed by atoms with Gasteiger partial charge in [0.25, 0.3) is 0 Å². The fourth-order valence-corrected chi connectivity index (χ4v) is 2.75. The highest BCUT2D eigenvalue weighted by atomic mass is 35.5. The number of aryl methyl sites for hydroxylation is 1. The summed E-state index contributed by atoms with van der Waals surface area (Å²) in [6.07, 6.45) is 1.02. The van der Waals surface area contributed by atoms with Crippen LogP contribution in [0.4, 0.5) is 5.69 Å². The zero-order valence-corrected chi connectivity index (χ0v) is 12.2. The van der Waals surface area contributed by atoms with Gasteiger partial charge in [-0.2, -0.15) is 0 Å². The Morgan fingerprint density at radius 1 is 1.05 bits per heavy atom. The molecule has 0 atom stereocenters. The number of hydrogen-bond donors (Lipinski definition) is 2. The summed E-state index contributed by atoms with van der Waals surface area (Å²) in [5.41, 5.74) is 4.60. The lowest BCUT2D eigenvalue weighted by molar-refractivity contribution is 1.06. The first-order valence-electron chi connectivity index (χ1n) is 6.86. The fraction of sp³-hybridized carbons (Fsp3) is 0.176. The number of halogens is 1. The maximum Gasteiger partial charge on any atom is 0.0710 e. The summed E-state index contributed by atoms with van der Waals surface area (Å²) in [6.45, 7) is 2.86. The van der Waals surface area contributed by atoms with Gasteiger partial charge in [-0.15, -0.1) is 0 Å². The standard InChI is InChI=1S/C17H17ClN2/c1-2-12-7-3-5-9-14(12)19-11-16-17(18)13-8-4-6-10-15(13)20-16/h3-10,19-20H,2,11H2,1H3. The average Bonchev–Trinajstić information content (AvgIpc) is 2.82. The van der Waals surface area contributed by atoms with Crippen molar-refractivity contribution in [2.24, 2.45) is 0 Å². The molecule has 0 aliphatic heterocycles. The molecule has 0 bridgehead atoms.